The van der Waals surface area contributed by atoms with Gasteiger partial charge in [-0.1, -0.05) is 12.8 Å². The Morgan fingerprint density at radius 3 is 3.05 bits per heavy atom. The zero-order valence-electron chi connectivity index (χ0n) is 12.4. The maximum Gasteiger partial charge on any atom is 0.315 e. The van der Waals surface area contributed by atoms with Crippen LogP contribution in [0, 0.1) is 5.92 Å². The minimum atomic E-state index is -0.206. The molecule has 7 nitrogen and oxygen atoms in total. The van der Waals surface area contributed by atoms with Crippen LogP contribution in [0.4, 0.5) is 4.79 Å². The van der Waals surface area contributed by atoms with Gasteiger partial charge in [-0.15, -0.1) is 0 Å². The number of hydrogen-bond acceptors (Lipinski definition) is 4. The highest BCUT2D eigenvalue weighted by Crippen LogP contribution is 2.23. The van der Waals surface area contributed by atoms with Crippen molar-refractivity contribution in [1.29, 1.82) is 0 Å². The van der Waals surface area contributed by atoms with E-state index < -0.39 is 0 Å². The van der Waals surface area contributed by atoms with Gasteiger partial charge in [0.15, 0.2) is 5.65 Å². The zero-order valence-corrected chi connectivity index (χ0v) is 12.4. The topological polar surface area (TPSA) is 91.6 Å². The molecule has 0 spiro atoms. The molecule has 2 unspecified atom stereocenters. The molecule has 0 aromatic carbocycles. The van der Waals surface area contributed by atoms with Crippen LogP contribution < -0.4 is 10.6 Å². The summed E-state index contributed by atoms with van der Waals surface area (Å²) in [5, 5.41) is 19.4. The van der Waals surface area contributed by atoms with Gasteiger partial charge in [0.25, 0.3) is 0 Å². The number of aromatic nitrogens is 3. The molecule has 2 heterocycles. The number of aliphatic hydroxyl groups is 1. The molecule has 0 radical (unpaired) electrons. The predicted molar refractivity (Wildman–Crippen MR) is 81.2 cm³/mol. The fraction of sp³-hybridized carbons (Fsp3) is 0.533. The molecule has 2 aromatic rings. The summed E-state index contributed by atoms with van der Waals surface area (Å²) in [5.74, 6) is 0.165. The Morgan fingerprint density at radius 1 is 1.32 bits per heavy atom. The fourth-order valence-corrected chi connectivity index (χ4v) is 3.03. The van der Waals surface area contributed by atoms with Gasteiger partial charge in [0.05, 0.1) is 18.4 Å². The van der Waals surface area contributed by atoms with E-state index in [2.05, 4.69) is 20.7 Å². The van der Waals surface area contributed by atoms with Crippen LogP contribution in [0.5, 0.6) is 0 Å². The minimum Gasteiger partial charge on any atom is -0.396 e. The van der Waals surface area contributed by atoms with Gasteiger partial charge in [0, 0.05) is 30.8 Å². The van der Waals surface area contributed by atoms with Crippen molar-refractivity contribution in [2.24, 2.45) is 5.92 Å². The molecule has 22 heavy (non-hydrogen) atoms. The fourth-order valence-electron chi connectivity index (χ4n) is 3.03. The molecule has 0 bridgehead atoms. The second-order valence-corrected chi connectivity index (χ2v) is 5.70. The number of amides is 2. The summed E-state index contributed by atoms with van der Waals surface area (Å²) in [6.07, 6.45) is 7.50. The average Bonchev–Trinajstić information content (AvgIpc) is 3.02. The third-order valence-corrected chi connectivity index (χ3v) is 4.26. The van der Waals surface area contributed by atoms with Gasteiger partial charge in [-0.05, 0) is 18.9 Å². The second kappa shape index (κ2) is 6.74. The van der Waals surface area contributed by atoms with E-state index in [1.807, 2.05) is 12.1 Å². The first-order chi connectivity index (χ1) is 10.8. The SMILES string of the molecule is O=C(NCc1ccnc2ccnn12)NC1CCCCC1CO. The summed E-state index contributed by atoms with van der Waals surface area (Å²) in [5.41, 5.74) is 1.62. The van der Waals surface area contributed by atoms with Crippen LogP contribution in [0.1, 0.15) is 31.4 Å². The monoisotopic (exact) mass is 303 g/mol. The molecule has 2 amide bonds. The Kier molecular flexibility index (Phi) is 4.53. The number of fused-ring (bicyclic) bond motifs is 1. The van der Waals surface area contributed by atoms with Gasteiger partial charge in [0.1, 0.15) is 0 Å². The lowest BCUT2D eigenvalue weighted by atomic mass is 9.85. The molecule has 1 aliphatic carbocycles. The lowest BCUT2D eigenvalue weighted by Gasteiger charge is -2.30. The van der Waals surface area contributed by atoms with Gasteiger partial charge in [0.2, 0.25) is 0 Å². The Morgan fingerprint density at radius 2 is 2.18 bits per heavy atom. The van der Waals surface area contributed by atoms with Crippen molar-refractivity contribution in [1.82, 2.24) is 25.2 Å². The van der Waals surface area contributed by atoms with Crippen molar-refractivity contribution in [2.45, 2.75) is 38.3 Å². The van der Waals surface area contributed by atoms with Crippen molar-refractivity contribution < 1.29 is 9.90 Å². The van der Waals surface area contributed by atoms with Crippen LogP contribution in [-0.4, -0.2) is 38.4 Å². The second-order valence-electron chi connectivity index (χ2n) is 5.70. The highest BCUT2D eigenvalue weighted by Gasteiger charge is 2.25. The van der Waals surface area contributed by atoms with Crippen LogP contribution in [0.2, 0.25) is 0 Å². The number of carbonyl (C=O) groups excluding carboxylic acids is 1. The summed E-state index contributed by atoms with van der Waals surface area (Å²) in [6, 6.07) is 3.50. The van der Waals surface area contributed by atoms with Crippen LogP contribution in [-0.2, 0) is 6.54 Å². The van der Waals surface area contributed by atoms with Gasteiger partial charge >= 0.3 is 6.03 Å². The summed E-state index contributed by atoms with van der Waals surface area (Å²) in [4.78, 5) is 16.3. The van der Waals surface area contributed by atoms with Crippen molar-refractivity contribution in [2.75, 3.05) is 6.61 Å². The maximum absolute atomic E-state index is 12.1. The van der Waals surface area contributed by atoms with E-state index in [1.165, 1.54) is 0 Å². The van der Waals surface area contributed by atoms with Crippen LogP contribution in [0.3, 0.4) is 0 Å². The maximum atomic E-state index is 12.1. The average molecular weight is 303 g/mol. The summed E-state index contributed by atoms with van der Waals surface area (Å²) >= 11 is 0. The first kappa shape index (κ1) is 14.8. The molecular weight excluding hydrogens is 282 g/mol. The Balaban J connectivity index is 1.57. The normalized spacial score (nSPS) is 21.7. The highest BCUT2D eigenvalue weighted by atomic mass is 16.3. The molecule has 1 aliphatic rings. The summed E-state index contributed by atoms with van der Waals surface area (Å²) < 4.78 is 1.71. The molecule has 3 N–H and O–H groups in total. The Hall–Kier alpha value is -2.15. The summed E-state index contributed by atoms with van der Waals surface area (Å²) in [7, 11) is 0. The molecule has 118 valence electrons. The quantitative estimate of drug-likeness (QED) is 0.788. The number of hydrogen-bond donors (Lipinski definition) is 3. The van der Waals surface area contributed by atoms with E-state index in [0.29, 0.717) is 6.54 Å². The van der Waals surface area contributed by atoms with Gasteiger partial charge < -0.3 is 15.7 Å². The van der Waals surface area contributed by atoms with Crippen molar-refractivity contribution >= 4 is 11.7 Å². The number of urea groups is 1. The molecule has 2 atom stereocenters. The Bertz CT molecular complexity index is 642. The van der Waals surface area contributed by atoms with E-state index in [1.54, 1.807) is 16.9 Å². The number of nitrogens with one attached hydrogen (secondary N) is 2. The zero-order chi connectivity index (χ0) is 15.4. The Labute approximate surface area is 128 Å². The highest BCUT2D eigenvalue weighted by molar-refractivity contribution is 5.74. The molecule has 7 heteroatoms. The van der Waals surface area contributed by atoms with Crippen molar-refractivity contribution in [3.63, 3.8) is 0 Å². The summed E-state index contributed by atoms with van der Waals surface area (Å²) in [6.45, 7) is 0.506. The lowest BCUT2D eigenvalue weighted by molar-refractivity contribution is 0.153. The molecule has 2 aromatic heterocycles. The van der Waals surface area contributed by atoms with Crippen LogP contribution in [0.25, 0.3) is 5.65 Å². The minimum absolute atomic E-state index is 0.0564. The molecular formula is C15H21N5O2. The molecule has 0 aliphatic heterocycles. The smallest absolute Gasteiger partial charge is 0.315 e. The van der Waals surface area contributed by atoms with Gasteiger partial charge in [-0.3, -0.25) is 0 Å². The number of aliphatic hydroxyl groups excluding tert-OH is 1. The van der Waals surface area contributed by atoms with Crippen molar-refractivity contribution in [3.05, 3.63) is 30.2 Å². The largest absolute Gasteiger partial charge is 0.396 e. The molecule has 3 rings (SSSR count). The number of carbonyl (C=O) groups is 1. The number of nitrogens with zero attached hydrogens (tertiary/aromatic N) is 3. The first-order valence-electron chi connectivity index (χ1n) is 7.71. The third kappa shape index (κ3) is 3.19. The van der Waals surface area contributed by atoms with E-state index in [4.69, 9.17) is 0 Å². The molecule has 0 saturated heterocycles. The first-order valence-corrected chi connectivity index (χ1v) is 7.71. The standard InChI is InChI=1S/C15H21N5O2/c21-10-11-3-1-2-4-13(11)19-15(22)17-9-12-5-7-16-14-6-8-18-20(12)14/h5-8,11,13,21H,1-4,9-10H2,(H2,17,19,22). The van der Waals surface area contributed by atoms with Crippen LogP contribution >= 0.6 is 0 Å². The van der Waals surface area contributed by atoms with Crippen LogP contribution in [0.15, 0.2) is 24.5 Å². The van der Waals surface area contributed by atoms with E-state index >= 15 is 0 Å². The predicted octanol–water partition coefficient (Wildman–Crippen LogP) is 1.08. The molecule has 1 fully saturated rings. The van der Waals surface area contributed by atoms with E-state index in [-0.39, 0.29) is 24.6 Å². The van der Waals surface area contributed by atoms with Gasteiger partial charge in [-0.2, -0.15) is 5.10 Å². The van der Waals surface area contributed by atoms with Crippen molar-refractivity contribution in [3.8, 4) is 0 Å². The third-order valence-electron chi connectivity index (χ3n) is 4.26. The molecule has 1 saturated carbocycles. The van der Waals surface area contributed by atoms with Gasteiger partial charge in [-0.25, -0.2) is 14.3 Å². The lowest BCUT2D eigenvalue weighted by Crippen LogP contribution is -2.47. The van der Waals surface area contributed by atoms with E-state index in [9.17, 15) is 9.90 Å². The number of rotatable bonds is 4. The van der Waals surface area contributed by atoms with E-state index in [0.717, 1.165) is 37.0 Å².